The summed E-state index contributed by atoms with van der Waals surface area (Å²) in [5, 5.41) is 12.2. The first-order chi connectivity index (χ1) is 9.56. The van der Waals surface area contributed by atoms with Crippen molar-refractivity contribution in [3.05, 3.63) is 52.9 Å². The molecule has 0 saturated carbocycles. The molecule has 1 atom stereocenters. The Labute approximate surface area is 122 Å². The summed E-state index contributed by atoms with van der Waals surface area (Å²) in [6.07, 6.45) is 3.01. The topological polar surface area (TPSA) is 62.5 Å². The largest absolute Gasteiger partial charge is 0.508 e. The van der Waals surface area contributed by atoms with Crippen molar-refractivity contribution in [2.45, 2.75) is 25.8 Å². The monoisotopic (exact) mass is 293 g/mol. The molecule has 2 N–H and O–H groups in total. The van der Waals surface area contributed by atoms with E-state index >= 15 is 0 Å². The molecule has 0 aliphatic heterocycles. The van der Waals surface area contributed by atoms with Crippen molar-refractivity contribution >= 4 is 17.5 Å². The van der Waals surface area contributed by atoms with E-state index in [1.165, 1.54) is 6.26 Å². The highest BCUT2D eigenvalue weighted by molar-refractivity contribution is 6.32. The fraction of sp³-hybridized carbons (Fsp3) is 0.267. The average Bonchev–Trinajstić information content (AvgIpc) is 2.84. The molecule has 0 aliphatic rings. The highest BCUT2D eigenvalue weighted by Gasteiger charge is 2.15. The van der Waals surface area contributed by atoms with Crippen LogP contribution >= 0.6 is 11.6 Å². The third-order valence-electron chi connectivity index (χ3n) is 3.04. The molecule has 0 fully saturated rings. The average molecular weight is 294 g/mol. The number of amides is 1. The molecular weight excluding hydrogens is 278 g/mol. The molecule has 5 heteroatoms. The van der Waals surface area contributed by atoms with Crippen LogP contribution in [0.5, 0.6) is 5.75 Å². The molecule has 0 spiro atoms. The lowest BCUT2D eigenvalue weighted by atomic mass is 10.1. The molecule has 0 bridgehead atoms. The number of carbonyl (C=O) groups excluding carboxylic acids is 1. The summed E-state index contributed by atoms with van der Waals surface area (Å²) < 4.78 is 4.89. The van der Waals surface area contributed by atoms with Crippen LogP contribution in [0, 0.1) is 0 Å². The zero-order valence-electron chi connectivity index (χ0n) is 11.1. The minimum Gasteiger partial charge on any atom is -0.508 e. The highest BCUT2D eigenvalue weighted by atomic mass is 35.5. The summed E-state index contributed by atoms with van der Waals surface area (Å²) in [5.74, 6) is 0.0201. The molecular formula is C15H16ClNO3. The quantitative estimate of drug-likeness (QED) is 0.888. The van der Waals surface area contributed by atoms with Crippen molar-refractivity contribution in [3.8, 4) is 5.75 Å². The minimum atomic E-state index is -0.234. The third-order valence-corrected chi connectivity index (χ3v) is 3.34. The van der Waals surface area contributed by atoms with Gasteiger partial charge in [-0.05, 0) is 55.1 Å². The van der Waals surface area contributed by atoms with Gasteiger partial charge in [0.05, 0.1) is 11.8 Å². The van der Waals surface area contributed by atoms with E-state index in [0.717, 1.165) is 18.4 Å². The van der Waals surface area contributed by atoms with Gasteiger partial charge in [0.1, 0.15) is 5.75 Å². The van der Waals surface area contributed by atoms with Gasteiger partial charge in [0.25, 0.3) is 5.91 Å². The molecule has 1 aromatic heterocycles. The molecule has 1 heterocycles. The van der Waals surface area contributed by atoms with E-state index in [1.807, 2.05) is 19.1 Å². The Hall–Kier alpha value is -1.94. The SMILES string of the molecule is CC(CCc1ccc(O)cc1)NC(=O)c1ccoc1Cl. The predicted molar refractivity (Wildman–Crippen MR) is 77.1 cm³/mol. The second-order valence-electron chi connectivity index (χ2n) is 4.69. The number of aromatic hydroxyl groups is 1. The maximum atomic E-state index is 11.9. The van der Waals surface area contributed by atoms with E-state index in [-0.39, 0.29) is 22.9 Å². The van der Waals surface area contributed by atoms with Gasteiger partial charge in [-0.2, -0.15) is 0 Å². The molecule has 20 heavy (non-hydrogen) atoms. The number of aryl methyl sites for hydroxylation is 1. The number of benzene rings is 1. The highest BCUT2D eigenvalue weighted by Crippen LogP contribution is 2.17. The van der Waals surface area contributed by atoms with Crippen molar-refractivity contribution in [1.29, 1.82) is 0 Å². The number of phenols is 1. The van der Waals surface area contributed by atoms with E-state index < -0.39 is 0 Å². The molecule has 1 amide bonds. The van der Waals surface area contributed by atoms with Gasteiger partial charge in [-0.25, -0.2) is 0 Å². The summed E-state index contributed by atoms with van der Waals surface area (Å²) >= 11 is 5.75. The molecule has 1 unspecified atom stereocenters. The van der Waals surface area contributed by atoms with Crippen LogP contribution < -0.4 is 5.32 Å². The number of phenolic OH excluding ortho intramolecular Hbond substituents is 1. The van der Waals surface area contributed by atoms with Crippen LogP contribution in [0.1, 0.15) is 29.3 Å². The van der Waals surface area contributed by atoms with Gasteiger partial charge >= 0.3 is 0 Å². The van der Waals surface area contributed by atoms with Crippen LogP contribution in [-0.4, -0.2) is 17.1 Å². The second-order valence-corrected chi connectivity index (χ2v) is 5.03. The first-order valence-corrected chi connectivity index (χ1v) is 6.76. The Morgan fingerprint density at radius 2 is 2.05 bits per heavy atom. The van der Waals surface area contributed by atoms with Gasteiger partial charge in [0.15, 0.2) is 0 Å². The molecule has 2 rings (SSSR count). The van der Waals surface area contributed by atoms with Crippen molar-refractivity contribution in [2.24, 2.45) is 0 Å². The Balaban J connectivity index is 1.83. The van der Waals surface area contributed by atoms with Crippen molar-refractivity contribution in [1.82, 2.24) is 5.32 Å². The van der Waals surface area contributed by atoms with Crippen LogP contribution in [0.4, 0.5) is 0 Å². The maximum Gasteiger partial charge on any atom is 0.256 e. The van der Waals surface area contributed by atoms with Gasteiger partial charge in [-0.15, -0.1) is 0 Å². The van der Waals surface area contributed by atoms with Gasteiger partial charge in [-0.1, -0.05) is 12.1 Å². The fourth-order valence-corrected chi connectivity index (χ4v) is 2.08. The maximum absolute atomic E-state index is 11.9. The summed E-state index contributed by atoms with van der Waals surface area (Å²) in [7, 11) is 0. The van der Waals surface area contributed by atoms with E-state index in [0.29, 0.717) is 5.56 Å². The van der Waals surface area contributed by atoms with E-state index in [4.69, 9.17) is 16.0 Å². The predicted octanol–water partition coefficient (Wildman–Crippen LogP) is 3.39. The van der Waals surface area contributed by atoms with Gasteiger partial charge < -0.3 is 14.8 Å². The van der Waals surface area contributed by atoms with Crippen LogP contribution in [0.15, 0.2) is 41.0 Å². The lowest BCUT2D eigenvalue weighted by Crippen LogP contribution is -2.32. The molecule has 0 radical (unpaired) electrons. The van der Waals surface area contributed by atoms with Gasteiger partial charge in [0, 0.05) is 6.04 Å². The normalized spacial score (nSPS) is 12.1. The van der Waals surface area contributed by atoms with Crippen molar-refractivity contribution in [2.75, 3.05) is 0 Å². The molecule has 106 valence electrons. The van der Waals surface area contributed by atoms with E-state index in [2.05, 4.69) is 5.32 Å². The third kappa shape index (κ3) is 3.78. The van der Waals surface area contributed by atoms with Crippen LogP contribution in [0.3, 0.4) is 0 Å². The first kappa shape index (κ1) is 14.5. The zero-order chi connectivity index (χ0) is 14.5. The number of hydrogen-bond donors (Lipinski definition) is 2. The molecule has 0 aliphatic carbocycles. The van der Waals surface area contributed by atoms with Gasteiger partial charge in [0.2, 0.25) is 5.22 Å². The minimum absolute atomic E-state index is 0.0160. The molecule has 0 saturated heterocycles. The Morgan fingerprint density at radius 1 is 1.35 bits per heavy atom. The summed E-state index contributed by atoms with van der Waals surface area (Å²) in [5.41, 5.74) is 1.47. The number of hydrogen-bond acceptors (Lipinski definition) is 3. The number of carbonyl (C=O) groups is 1. The smallest absolute Gasteiger partial charge is 0.256 e. The molecule has 2 aromatic rings. The molecule has 4 nitrogen and oxygen atoms in total. The van der Waals surface area contributed by atoms with Crippen LogP contribution in [-0.2, 0) is 6.42 Å². The Kier molecular flexibility index (Phi) is 4.69. The Morgan fingerprint density at radius 3 is 2.65 bits per heavy atom. The lowest BCUT2D eigenvalue weighted by Gasteiger charge is -2.13. The summed E-state index contributed by atoms with van der Waals surface area (Å²) in [6, 6.07) is 8.62. The number of nitrogens with one attached hydrogen (secondary N) is 1. The van der Waals surface area contributed by atoms with Crippen molar-refractivity contribution in [3.63, 3.8) is 0 Å². The van der Waals surface area contributed by atoms with Crippen LogP contribution in [0.2, 0.25) is 5.22 Å². The lowest BCUT2D eigenvalue weighted by molar-refractivity contribution is 0.0938. The van der Waals surface area contributed by atoms with E-state index in [9.17, 15) is 9.90 Å². The zero-order valence-corrected chi connectivity index (χ0v) is 11.9. The standard InChI is InChI=1S/C15H16ClNO3/c1-10(2-3-11-4-6-12(18)7-5-11)17-15(19)13-8-9-20-14(13)16/h4-10,18H,2-3H2,1H3,(H,17,19). The second kappa shape index (κ2) is 6.48. The number of rotatable bonds is 5. The first-order valence-electron chi connectivity index (χ1n) is 6.38. The van der Waals surface area contributed by atoms with Crippen LogP contribution in [0.25, 0.3) is 0 Å². The summed E-state index contributed by atoms with van der Waals surface area (Å²) in [4.78, 5) is 11.9. The van der Waals surface area contributed by atoms with E-state index in [1.54, 1.807) is 18.2 Å². The summed E-state index contributed by atoms with van der Waals surface area (Å²) in [6.45, 7) is 1.94. The Bertz CT molecular complexity index is 577. The van der Waals surface area contributed by atoms with Gasteiger partial charge in [-0.3, -0.25) is 4.79 Å². The number of furan rings is 1. The fourth-order valence-electron chi connectivity index (χ4n) is 1.88. The van der Waals surface area contributed by atoms with Crippen molar-refractivity contribution < 1.29 is 14.3 Å². The molecule has 1 aromatic carbocycles. The number of halogens is 1.